The minimum Gasteiger partial charge on any atom is -0.320 e. The van der Waals surface area contributed by atoms with E-state index in [1.807, 2.05) is 40.7 Å². The lowest BCUT2D eigenvalue weighted by atomic mass is 10.3. The second-order valence-corrected chi connectivity index (χ2v) is 4.31. The molecule has 5 heteroatoms. The zero-order chi connectivity index (χ0) is 21.2. The van der Waals surface area contributed by atoms with Crippen molar-refractivity contribution >= 4 is 11.6 Å². The fourth-order valence-electron chi connectivity index (χ4n) is 1.62. The van der Waals surface area contributed by atoms with Crippen molar-refractivity contribution in [3.05, 3.63) is 96.1 Å². The van der Waals surface area contributed by atoms with Gasteiger partial charge in [-0.15, -0.1) is 0 Å². The van der Waals surface area contributed by atoms with E-state index < -0.39 is 11.3 Å². The van der Waals surface area contributed by atoms with Crippen molar-refractivity contribution in [2.45, 2.75) is 34.6 Å². The van der Waals surface area contributed by atoms with Crippen LogP contribution in [-0.4, -0.2) is 15.7 Å². The molecule has 0 saturated heterocycles. The van der Waals surface area contributed by atoms with Crippen LogP contribution in [0, 0.1) is 0 Å². The standard InChI is InChI=1S/C18H19N3O2.2C2H6/c1-5-9-11-15(8-4)21-13-12-16(22)17(20-21)18(23)19-14(7-3)10-6-2;2*1-2/h5-13H,2-4H2,1H3,(H,19,23);2*1-2H3/b9-5-,14-10+,15-11+;;. The third-order valence-corrected chi connectivity index (χ3v) is 2.73. The van der Waals surface area contributed by atoms with E-state index >= 15 is 0 Å². The van der Waals surface area contributed by atoms with Crippen molar-refractivity contribution in [2.75, 3.05) is 0 Å². The first-order valence-corrected chi connectivity index (χ1v) is 8.89. The minimum atomic E-state index is -0.619. The highest BCUT2D eigenvalue weighted by molar-refractivity contribution is 5.93. The van der Waals surface area contributed by atoms with E-state index in [-0.39, 0.29) is 5.69 Å². The lowest BCUT2D eigenvalue weighted by Gasteiger charge is -2.08. The van der Waals surface area contributed by atoms with Crippen molar-refractivity contribution in [3.8, 4) is 0 Å². The van der Waals surface area contributed by atoms with Gasteiger partial charge in [0.25, 0.3) is 5.91 Å². The Morgan fingerprint density at radius 3 is 2.22 bits per heavy atom. The molecular weight excluding hydrogens is 338 g/mol. The summed E-state index contributed by atoms with van der Waals surface area (Å²) in [6.45, 7) is 20.7. The number of nitrogens with one attached hydrogen (secondary N) is 1. The number of aromatic nitrogens is 2. The summed E-state index contributed by atoms with van der Waals surface area (Å²) in [6, 6.07) is 1.28. The molecule has 27 heavy (non-hydrogen) atoms. The van der Waals surface area contributed by atoms with E-state index in [2.05, 4.69) is 30.2 Å². The molecule has 5 nitrogen and oxygen atoms in total. The van der Waals surface area contributed by atoms with Crippen molar-refractivity contribution in [1.29, 1.82) is 0 Å². The molecule has 0 aromatic carbocycles. The normalized spacial score (nSPS) is 10.7. The fraction of sp³-hybridized carbons (Fsp3) is 0.227. The molecule has 0 saturated carbocycles. The summed E-state index contributed by atoms with van der Waals surface area (Å²) >= 11 is 0. The van der Waals surface area contributed by atoms with Gasteiger partial charge >= 0.3 is 0 Å². The lowest BCUT2D eigenvalue weighted by molar-refractivity contribution is 0.0959. The van der Waals surface area contributed by atoms with Gasteiger partial charge in [-0.2, -0.15) is 5.10 Å². The number of hydrogen-bond donors (Lipinski definition) is 1. The smallest absolute Gasteiger partial charge is 0.280 e. The summed E-state index contributed by atoms with van der Waals surface area (Å²) < 4.78 is 1.41. The number of hydrogen-bond acceptors (Lipinski definition) is 3. The van der Waals surface area contributed by atoms with Crippen LogP contribution in [0.5, 0.6) is 0 Å². The molecule has 0 aliphatic carbocycles. The molecule has 1 amide bonds. The largest absolute Gasteiger partial charge is 0.320 e. The maximum absolute atomic E-state index is 12.2. The molecule has 0 atom stereocenters. The van der Waals surface area contributed by atoms with E-state index in [1.54, 1.807) is 24.3 Å². The van der Waals surface area contributed by atoms with Crippen LogP contribution >= 0.6 is 0 Å². The highest BCUT2D eigenvalue weighted by Crippen LogP contribution is 2.04. The van der Waals surface area contributed by atoms with Crippen LogP contribution in [0.2, 0.25) is 0 Å². The number of nitrogens with zero attached hydrogens (tertiary/aromatic N) is 2. The summed E-state index contributed by atoms with van der Waals surface area (Å²) in [4.78, 5) is 24.1. The second-order valence-electron chi connectivity index (χ2n) is 4.31. The minimum absolute atomic E-state index is 0.224. The summed E-state index contributed by atoms with van der Waals surface area (Å²) in [5, 5.41) is 6.62. The first-order chi connectivity index (χ1) is 13.1. The molecule has 0 spiro atoms. The highest BCUT2D eigenvalue weighted by atomic mass is 16.2. The number of rotatable bonds is 7. The molecule has 1 heterocycles. The van der Waals surface area contributed by atoms with Crippen molar-refractivity contribution in [2.24, 2.45) is 0 Å². The van der Waals surface area contributed by atoms with Gasteiger partial charge in [-0.25, -0.2) is 4.68 Å². The van der Waals surface area contributed by atoms with E-state index in [0.717, 1.165) is 0 Å². The Morgan fingerprint density at radius 2 is 1.74 bits per heavy atom. The maximum atomic E-state index is 12.2. The van der Waals surface area contributed by atoms with Gasteiger partial charge < -0.3 is 5.32 Å². The van der Waals surface area contributed by atoms with Crippen molar-refractivity contribution in [3.63, 3.8) is 0 Å². The van der Waals surface area contributed by atoms with Crippen LogP contribution in [-0.2, 0) is 0 Å². The Bertz CT molecular complexity index is 766. The van der Waals surface area contributed by atoms with Gasteiger partial charge in [0, 0.05) is 18.0 Å². The van der Waals surface area contributed by atoms with E-state index in [1.165, 1.54) is 29.1 Å². The fourth-order valence-corrected chi connectivity index (χ4v) is 1.62. The molecule has 1 rings (SSSR count). The number of carbonyl (C=O) groups is 1. The Balaban J connectivity index is 0. The monoisotopic (exact) mass is 369 g/mol. The van der Waals surface area contributed by atoms with Crippen LogP contribution in [0.3, 0.4) is 0 Å². The molecule has 1 aromatic heterocycles. The number of carbonyl (C=O) groups excluding carboxylic acids is 1. The SMILES string of the molecule is C=C/C=C(\C=C)NC(=O)c1nn(/C(C=C)=C/C=C\C)ccc1=O.CC.CC. The average Bonchev–Trinajstić information content (AvgIpc) is 2.72. The molecule has 0 fully saturated rings. The summed E-state index contributed by atoms with van der Waals surface area (Å²) in [7, 11) is 0. The predicted molar refractivity (Wildman–Crippen MR) is 116 cm³/mol. The number of allylic oxidation sites excluding steroid dienone is 8. The summed E-state index contributed by atoms with van der Waals surface area (Å²) in [5.41, 5.74) is 0.352. The van der Waals surface area contributed by atoms with Gasteiger partial charge in [0.05, 0.1) is 5.70 Å². The van der Waals surface area contributed by atoms with Crippen LogP contribution in [0.1, 0.15) is 45.1 Å². The Labute approximate surface area is 162 Å². The third kappa shape index (κ3) is 9.16. The van der Waals surface area contributed by atoms with Gasteiger partial charge in [0.15, 0.2) is 5.69 Å². The van der Waals surface area contributed by atoms with E-state index in [9.17, 15) is 9.59 Å². The van der Waals surface area contributed by atoms with E-state index in [0.29, 0.717) is 11.4 Å². The predicted octanol–water partition coefficient (Wildman–Crippen LogP) is 4.88. The molecule has 146 valence electrons. The zero-order valence-corrected chi connectivity index (χ0v) is 17.0. The first-order valence-electron chi connectivity index (χ1n) is 8.89. The molecule has 0 bridgehead atoms. The second kappa shape index (κ2) is 16.3. The number of amides is 1. The maximum Gasteiger partial charge on any atom is 0.280 e. The molecule has 0 aliphatic heterocycles. The van der Waals surface area contributed by atoms with Gasteiger partial charge in [0.1, 0.15) is 0 Å². The summed E-state index contributed by atoms with van der Waals surface area (Å²) in [6.07, 6.45) is 13.0. The van der Waals surface area contributed by atoms with Crippen LogP contribution < -0.4 is 10.7 Å². The van der Waals surface area contributed by atoms with Gasteiger partial charge in [-0.05, 0) is 31.2 Å². The van der Waals surface area contributed by atoms with Gasteiger partial charge in [0.2, 0.25) is 5.43 Å². The third-order valence-electron chi connectivity index (χ3n) is 2.73. The quantitative estimate of drug-likeness (QED) is 0.696. The zero-order valence-electron chi connectivity index (χ0n) is 17.0. The average molecular weight is 370 g/mol. The molecular formula is C22H31N3O2. The van der Waals surface area contributed by atoms with Crippen LogP contribution in [0.15, 0.2) is 85.0 Å². The van der Waals surface area contributed by atoms with Crippen LogP contribution in [0.25, 0.3) is 5.70 Å². The Hall–Kier alpha value is -3.21. The first kappa shape index (κ1) is 26.0. The van der Waals surface area contributed by atoms with Gasteiger partial charge in [-0.3, -0.25) is 9.59 Å². The molecule has 0 unspecified atom stereocenters. The Kier molecular flexibility index (Phi) is 15.7. The Morgan fingerprint density at radius 1 is 1.11 bits per heavy atom. The molecule has 0 radical (unpaired) electrons. The highest BCUT2D eigenvalue weighted by Gasteiger charge is 2.13. The van der Waals surface area contributed by atoms with Crippen molar-refractivity contribution in [1.82, 2.24) is 15.1 Å². The molecule has 1 aromatic rings. The van der Waals surface area contributed by atoms with Crippen molar-refractivity contribution < 1.29 is 4.79 Å². The van der Waals surface area contributed by atoms with E-state index in [4.69, 9.17) is 0 Å². The molecule has 0 aliphatic rings. The topological polar surface area (TPSA) is 64.0 Å². The lowest BCUT2D eigenvalue weighted by Crippen LogP contribution is -2.30. The molecule has 1 N–H and O–H groups in total. The van der Waals surface area contributed by atoms with Gasteiger partial charge in [-0.1, -0.05) is 65.7 Å². The van der Waals surface area contributed by atoms with Crippen LogP contribution in [0.4, 0.5) is 0 Å². The summed E-state index contributed by atoms with van der Waals surface area (Å²) in [5.74, 6) is -0.619.